The van der Waals surface area contributed by atoms with Gasteiger partial charge in [0.25, 0.3) is 0 Å². The molecule has 0 saturated heterocycles. The Hall–Kier alpha value is -0.770. The molecule has 2 rings (SSSR count). The third-order valence-corrected chi connectivity index (χ3v) is 3.33. The molecule has 100 valence electrons. The second-order valence-electron chi connectivity index (χ2n) is 4.57. The van der Waals surface area contributed by atoms with Crippen molar-refractivity contribution < 1.29 is 9.47 Å². The van der Waals surface area contributed by atoms with Crippen LogP contribution in [0.15, 0.2) is 18.2 Å². The van der Waals surface area contributed by atoms with E-state index in [1.54, 1.807) is 0 Å². The molecule has 18 heavy (non-hydrogen) atoms. The first-order valence-electron chi connectivity index (χ1n) is 6.50. The van der Waals surface area contributed by atoms with Crippen LogP contribution in [0, 0.1) is 5.92 Å². The van der Waals surface area contributed by atoms with Gasteiger partial charge in [0.2, 0.25) is 0 Å². The van der Waals surface area contributed by atoms with Gasteiger partial charge in [-0.05, 0) is 37.4 Å². The predicted molar refractivity (Wildman–Crippen MR) is 73.0 cm³/mol. The number of nitrogens with one attached hydrogen (secondary N) is 1. The first kappa shape index (κ1) is 13.7. The fourth-order valence-electron chi connectivity index (χ4n) is 1.70. The summed E-state index contributed by atoms with van der Waals surface area (Å²) in [6.07, 6.45) is 2.59. The molecule has 0 radical (unpaired) electrons. The average Bonchev–Trinajstić information content (AvgIpc) is 3.18. The summed E-state index contributed by atoms with van der Waals surface area (Å²) >= 11 is 6.18. The largest absolute Gasteiger partial charge is 0.467 e. The zero-order valence-electron chi connectivity index (χ0n) is 10.7. The van der Waals surface area contributed by atoms with Crippen molar-refractivity contribution in [2.24, 2.45) is 5.92 Å². The number of rotatable bonds is 8. The van der Waals surface area contributed by atoms with Crippen LogP contribution in [-0.2, 0) is 11.3 Å². The monoisotopic (exact) mass is 269 g/mol. The van der Waals surface area contributed by atoms with E-state index in [1.807, 2.05) is 18.2 Å². The highest BCUT2D eigenvalue weighted by Crippen LogP contribution is 2.29. The van der Waals surface area contributed by atoms with E-state index in [-0.39, 0.29) is 0 Å². The van der Waals surface area contributed by atoms with Crippen LogP contribution in [-0.4, -0.2) is 19.9 Å². The Kier molecular flexibility index (Phi) is 5.29. The second-order valence-corrected chi connectivity index (χ2v) is 4.98. The van der Waals surface area contributed by atoms with E-state index in [9.17, 15) is 0 Å². The molecule has 1 aromatic carbocycles. The molecule has 1 fully saturated rings. The smallest absolute Gasteiger partial charge is 0.189 e. The fraction of sp³-hybridized carbons (Fsp3) is 0.571. The maximum atomic E-state index is 6.18. The van der Waals surface area contributed by atoms with E-state index in [4.69, 9.17) is 21.1 Å². The predicted octanol–water partition coefficient (Wildman–Crippen LogP) is 3.21. The van der Waals surface area contributed by atoms with Crippen LogP contribution in [0.1, 0.15) is 25.3 Å². The van der Waals surface area contributed by atoms with Crippen molar-refractivity contribution in [3.05, 3.63) is 28.8 Å². The molecule has 0 aromatic heterocycles. The minimum atomic E-state index is 0.302. The summed E-state index contributed by atoms with van der Waals surface area (Å²) in [6.45, 7) is 4.80. The molecule has 0 unspecified atom stereocenters. The van der Waals surface area contributed by atoms with Crippen molar-refractivity contribution in [2.45, 2.75) is 26.3 Å². The van der Waals surface area contributed by atoms with Gasteiger partial charge in [-0.2, -0.15) is 0 Å². The first-order valence-corrected chi connectivity index (χ1v) is 6.87. The second kappa shape index (κ2) is 6.98. The van der Waals surface area contributed by atoms with Gasteiger partial charge in [0.15, 0.2) is 6.79 Å². The zero-order valence-corrected chi connectivity index (χ0v) is 11.5. The van der Waals surface area contributed by atoms with Crippen LogP contribution >= 0.6 is 11.6 Å². The Morgan fingerprint density at radius 3 is 2.94 bits per heavy atom. The van der Waals surface area contributed by atoms with Gasteiger partial charge in [0.05, 0.1) is 6.61 Å². The van der Waals surface area contributed by atoms with Gasteiger partial charge >= 0.3 is 0 Å². The molecule has 4 heteroatoms. The van der Waals surface area contributed by atoms with Crippen LogP contribution in [0.5, 0.6) is 5.75 Å². The molecule has 0 atom stereocenters. The Labute approximate surface area is 113 Å². The van der Waals surface area contributed by atoms with Gasteiger partial charge in [-0.15, -0.1) is 0 Å². The van der Waals surface area contributed by atoms with Crippen molar-refractivity contribution in [2.75, 3.05) is 19.9 Å². The van der Waals surface area contributed by atoms with E-state index in [0.29, 0.717) is 13.3 Å². The van der Waals surface area contributed by atoms with Gasteiger partial charge in [-0.1, -0.05) is 24.6 Å². The molecule has 1 aliphatic rings. The molecule has 1 N–H and O–H groups in total. The summed E-state index contributed by atoms with van der Waals surface area (Å²) in [5.74, 6) is 1.56. The molecule has 1 aromatic rings. The van der Waals surface area contributed by atoms with E-state index >= 15 is 0 Å². The Bertz CT molecular complexity index is 380. The lowest BCUT2D eigenvalue weighted by molar-refractivity contribution is 0.00943. The van der Waals surface area contributed by atoms with Crippen molar-refractivity contribution in [1.29, 1.82) is 0 Å². The third-order valence-electron chi connectivity index (χ3n) is 2.98. The SMILES string of the molecule is CCNCc1c(Cl)cccc1OCOCC1CC1. The maximum absolute atomic E-state index is 6.18. The molecule has 0 amide bonds. The lowest BCUT2D eigenvalue weighted by Crippen LogP contribution is -2.14. The Morgan fingerprint density at radius 2 is 2.22 bits per heavy atom. The molecule has 1 aliphatic carbocycles. The topological polar surface area (TPSA) is 30.5 Å². The van der Waals surface area contributed by atoms with Gasteiger partial charge in [0.1, 0.15) is 5.75 Å². The fourth-order valence-corrected chi connectivity index (χ4v) is 1.93. The molecule has 0 spiro atoms. The standard InChI is InChI=1S/C14H20ClNO2/c1-2-16-8-12-13(15)4-3-5-14(12)18-10-17-9-11-6-7-11/h3-5,11,16H,2,6-10H2,1H3. The van der Waals surface area contributed by atoms with Gasteiger partial charge < -0.3 is 14.8 Å². The maximum Gasteiger partial charge on any atom is 0.189 e. The summed E-state index contributed by atoms with van der Waals surface area (Å²) in [5.41, 5.74) is 0.996. The van der Waals surface area contributed by atoms with Crippen molar-refractivity contribution in [3.8, 4) is 5.75 Å². The molecule has 3 nitrogen and oxygen atoms in total. The Balaban J connectivity index is 1.85. The summed E-state index contributed by atoms with van der Waals surface area (Å²) in [4.78, 5) is 0. The number of hydrogen-bond acceptors (Lipinski definition) is 3. The van der Waals surface area contributed by atoms with E-state index in [0.717, 1.165) is 35.4 Å². The summed E-state index contributed by atoms with van der Waals surface area (Å²) in [6, 6.07) is 5.71. The molecule has 0 bridgehead atoms. The molecular formula is C14H20ClNO2. The lowest BCUT2D eigenvalue weighted by atomic mass is 10.2. The summed E-state index contributed by atoms with van der Waals surface area (Å²) < 4.78 is 11.1. The third kappa shape index (κ3) is 4.16. The molecule has 0 heterocycles. The normalized spacial score (nSPS) is 14.8. The quantitative estimate of drug-likeness (QED) is 0.581. The van der Waals surface area contributed by atoms with E-state index in [1.165, 1.54) is 12.8 Å². The number of benzene rings is 1. The van der Waals surface area contributed by atoms with E-state index < -0.39 is 0 Å². The van der Waals surface area contributed by atoms with Crippen LogP contribution in [0.2, 0.25) is 5.02 Å². The average molecular weight is 270 g/mol. The highest BCUT2D eigenvalue weighted by atomic mass is 35.5. The number of ether oxygens (including phenoxy) is 2. The minimum absolute atomic E-state index is 0.302. The van der Waals surface area contributed by atoms with Crippen LogP contribution in [0.3, 0.4) is 0 Å². The number of hydrogen-bond donors (Lipinski definition) is 1. The number of halogens is 1. The molecular weight excluding hydrogens is 250 g/mol. The van der Waals surface area contributed by atoms with Gasteiger partial charge in [-0.3, -0.25) is 0 Å². The first-order chi connectivity index (χ1) is 8.81. The Morgan fingerprint density at radius 1 is 1.39 bits per heavy atom. The van der Waals surface area contributed by atoms with Crippen molar-refractivity contribution in [1.82, 2.24) is 5.32 Å². The highest BCUT2D eigenvalue weighted by Gasteiger charge is 2.21. The zero-order chi connectivity index (χ0) is 12.8. The van der Waals surface area contributed by atoms with Crippen LogP contribution in [0.25, 0.3) is 0 Å². The van der Waals surface area contributed by atoms with Crippen LogP contribution < -0.4 is 10.1 Å². The molecule has 0 aliphatic heterocycles. The highest BCUT2D eigenvalue weighted by molar-refractivity contribution is 6.31. The van der Waals surface area contributed by atoms with E-state index in [2.05, 4.69) is 12.2 Å². The summed E-state index contributed by atoms with van der Waals surface area (Å²) in [5, 5.41) is 3.99. The van der Waals surface area contributed by atoms with Gasteiger partial charge in [0, 0.05) is 17.1 Å². The minimum Gasteiger partial charge on any atom is -0.467 e. The lowest BCUT2D eigenvalue weighted by Gasteiger charge is -2.13. The van der Waals surface area contributed by atoms with Crippen LogP contribution in [0.4, 0.5) is 0 Å². The van der Waals surface area contributed by atoms with Gasteiger partial charge in [-0.25, -0.2) is 0 Å². The van der Waals surface area contributed by atoms with Crippen molar-refractivity contribution >= 4 is 11.6 Å². The summed E-state index contributed by atoms with van der Waals surface area (Å²) in [7, 11) is 0. The van der Waals surface area contributed by atoms with Crippen molar-refractivity contribution in [3.63, 3.8) is 0 Å². The molecule has 1 saturated carbocycles.